The lowest BCUT2D eigenvalue weighted by Gasteiger charge is -2.35. The molecule has 1 heterocycles. The van der Waals surface area contributed by atoms with Crippen molar-refractivity contribution in [1.82, 2.24) is 4.90 Å². The van der Waals surface area contributed by atoms with Crippen molar-refractivity contribution in [3.05, 3.63) is 48.0 Å². The SMILES string of the molecule is COC(=O)C1CC(=O)C=CC1CC1OC(C)(C)N(C(=O)OC(C)(C)C)C1Cc1ccccc1. The highest BCUT2D eigenvalue weighted by Crippen LogP contribution is 2.40. The molecule has 1 aliphatic heterocycles. The molecule has 0 saturated carbocycles. The van der Waals surface area contributed by atoms with E-state index in [9.17, 15) is 14.4 Å². The Morgan fingerprint density at radius 3 is 2.45 bits per heavy atom. The Morgan fingerprint density at radius 2 is 1.85 bits per heavy atom. The number of rotatable bonds is 5. The molecule has 2 aliphatic rings. The first-order valence-corrected chi connectivity index (χ1v) is 11.4. The van der Waals surface area contributed by atoms with Crippen LogP contribution in [0.4, 0.5) is 4.79 Å². The fourth-order valence-electron chi connectivity index (χ4n) is 4.74. The summed E-state index contributed by atoms with van der Waals surface area (Å²) < 4.78 is 17.1. The standard InChI is InChI=1S/C26H35NO6/c1-25(2,3)33-24(30)27-21(14-17-10-8-7-9-11-17)22(32-26(27,4)5)15-18-12-13-19(28)16-20(18)23(29)31-6/h7-13,18,20-22H,14-16H2,1-6H3. The van der Waals surface area contributed by atoms with E-state index < -0.39 is 29.3 Å². The minimum atomic E-state index is -0.901. The topological polar surface area (TPSA) is 82.1 Å². The first-order valence-electron chi connectivity index (χ1n) is 11.4. The Balaban J connectivity index is 1.93. The van der Waals surface area contributed by atoms with Crippen LogP contribution in [0.3, 0.4) is 0 Å². The van der Waals surface area contributed by atoms with Crippen LogP contribution >= 0.6 is 0 Å². The quantitative estimate of drug-likeness (QED) is 0.614. The first kappa shape index (κ1) is 25.0. The molecule has 4 unspecified atom stereocenters. The predicted octanol–water partition coefficient (Wildman–Crippen LogP) is 4.29. The van der Waals surface area contributed by atoms with Crippen LogP contribution in [-0.2, 0) is 30.2 Å². The number of methoxy groups -OCH3 is 1. The van der Waals surface area contributed by atoms with Crippen LogP contribution in [0.25, 0.3) is 0 Å². The molecule has 1 aliphatic carbocycles. The molecule has 7 nitrogen and oxygen atoms in total. The predicted molar refractivity (Wildman–Crippen MR) is 123 cm³/mol. The molecule has 7 heteroatoms. The lowest BCUT2D eigenvalue weighted by molar-refractivity contribution is -0.149. The lowest BCUT2D eigenvalue weighted by atomic mass is 9.79. The summed E-state index contributed by atoms with van der Waals surface area (Å²) in [5, 5.41) is 0. The zero-order valence-electron chi connectivity index (χ0n) is 20.4. The molecule has 1 amide bonds. The highest BCUT2D eigenvalue weighted by Gasteiger charge is 2.52. The number of hydrogen-bond acceptors (Lipinski definition) is 6. The molecular weight excluding hydrogens is 422 g/mol. The number of ether oxygens (including phenoxy) is 3. The van der Waals surface area contributed by atoms with Crippen LogP contribution < -0.4 is 0 Å². The fraction of sp³-hybridized carbons (Fsp3) is 0.577. The molecule has 1 aromatic carbocycles. The van der Waals surface area contributed by atoms with Gasteiger partial charge in [-0.25, -0.2) is 4.79 Å². The number of benzene rings is 1. The van der Waals surface area contributed by atoms with Gasteiger partial charge in [0.1, 0.15) is 11.3 Å². The van der Waals surface area contributed by atoms with Gasteiger partial charge in [0.25, 0.3) is 0 Å². The summed E-state index contributed by atoms with van der Waals surface area (Å²) >= 11 is 0. The second kappa shape index (κ2) is 9.67. The fourth-order valence-corrected chi connectivity index (χ4v) is 4.74. The maximum absolute atomic E-state index is 13.3. The lowest BCUT2D eigenvalue weighted by Crippen LogP contribution is -2.51. The van der Waals surface area contributed by atoms with Crippen LogP contribution in [0.5, 0.6) is 0 Å². The zero-order valence-corrected chi connectivity index (χ0v) is 20.4. The minimum absolute atomic E-state index is 0.0921. The third-order valence-electron chi connectivity index (χ3n) is 6.13. The number of esters is 1. The summed E-state index contributed by atoms with van der Waals surface area (Å²) in [4.78, 5) is 39.3. The maximum atomic E-state index is 13.3. The molecule has 180 valence electrons. The highest BCUT2D eigenvalue weighted by molar-refractivity contribution is 5.94. The second-order valence-electron chi connectivity index (χ2n) is 10.3. The summed E-state index contributed by atoms with van der Waals surface area (Å²) in [6.07, 6.45) is 3.68. The van der Waals surface area contributed by atoms with Gasteiger partial charge in [0.15, 0.2) is 5.78 Å². The molecule has 0 radical (unpaired) electrons. The van der Waals surface area contributed by atoms with Crippen LogP contribution in [-0.4, -0.2) is 53.3 Å². The second-order valence-corrected chi connectivity index (χ2v) is 10.3. The van der Waals surface area contributed by atoms with E-state index in [1.54, 1.807) is 11.0 Å². The van der Waals surface area contributed by atoms with Gasteiger partial charge in [-0.05, 0) is 65.0 Å². The van der Waals surface area contributed by atoms with Gasteiger partial charge >= 0.3 is 12.1 Å². The monoisotopic (exact) mass is 457 g/mol. The Morgan fingerprint density at radius 1 is 1.18 bits per heavy atom. The van der Waals surface area contributed by atoms with Crippen molar-refractivity contribution >= 4 is 17.8 Å². The van der Waals surface area contributed by atoms with Gasteiger partial charge in [0, 0.05) is 6.42 Å². The summed E-state index contributed by atoms with van der Waals surface area (Å²) in [6, 6.07) is 9.61. The van der Waals surface area contributed by atoms with E-state index in [-0.39, 0.29) is 30.3 Å². The first-order chi connectivity index (χ1) is 15.4. The molecule has 1 saturated heterocycles. The van der Waals surface area contributed by atoms with Crippen molar-refractivity contribution < 1.29 is 28.6 Å². The number of hydrogen-bond donors (Lipinski definition) is 0. The Labute approximate surface area is 196 Å². The Hall–Kier alpha value is -2.67. The molecule has 0 aromatic heterocycles. The Bertz CT molecular complexity index is 901. The van der Waals surface area contributed by atoms with Gasteiger partial charge in [0.05, 0.1) is 25.2 Å². The zero-order chi connectivity index (χ0) is 24.4. The smallest absolute Gasteiger partial charge is 0.412 e. The summed E-state index contributed by atoms with van der Waals surface area (Å²) in [5.74, 6) is -1.29. The van der Waals surface area contributed by atoms with E-state index in [0.29, 0.717) is 12.8 Å². The summed E-state index contributed by atoms with van der Waals surface area (Å²) in [5.41, 5.74) is -0.479. The normalized spacial score (nSPS) is 26.8. The van der Waals surface area contributed by atoms with Gasteiger partial charge in [-0.3, -0.25) is 14.5 Å². The number of carbonyl (C=O) groups excluding carboxylic acids is 3. The van der Waals surface area contributed by atoms with E-state index in [1.807, 2.05) is 65.0 Å². The molecule has 1 aromatic rings. The molecule has 0 bridgehead atoms. The molecule has 3 rings (SSSR count). The average molecular weight is 458 g/mol. The molecule has 4 atom stereocenters. The number of allylic oxidation sites excluding steroid dienone is 2. The molecule has 0 spiro atoms. The largest absolute Gasteiger partial charge is 0.469 e. The summed E-state index contributed by atoms with van der Waals surface area (Å²) in [6.45, 7) is 9.22. The van der Waals surface area contributed by atoms with E-state index >= 15 is 0 Å². The number of ketones is 1. The van der Waals surface area contributed by atoms with E-state index in [4.69, 9.17) is 14.2 Å². The van der Waals surface area contributed by atoms with Crippen molar-refractivity contribution in [2.45, 2.75) is 77.4 Å². The van der Waals surface area contributed by atoms with Crippen LogP contribution in [0.15, 0.2) is 42.5 Å². The van der Waals surface area contributed by atoms with E-state index in [1.165, 1.54) is 13.2 Å². The van der Waals surface area contributed by atoms with Gasteiger partial charge in [-0.1, -0.05) is 36.4 Å². The van der Waals surface area contributed by atoms with Crippen LogP contribution in [0, 0.1) is 11.8 Å². The van der Waals surface area contributed by atoms with Crippen molar-refractivity contribution in [2.24, 2.45) is 11.8 Å². The van der Waals surface area contributed by atoms with E-state index in [0.717, 1.165) is 5.56 Å². The van der Waals surface area contributed by atoms with Gasteiger partial charge < -0.3 is 14.2 Å². The summed E-state index contributed by atoms with van der Waals surface area (Å²) in [7, 11) is 1.33. The van der Waals surface area contributed by atoms with Crippen LogP contribution in [0.1, 0.15) is 53.0 Å². The Kier molecular flexibility index (Phi) is 7.32. The van der Waals surface area contributed by atoms with Crippen molar-refractivity contribution in [3.8, 4) is 0 Å². The van der Waals surface area contributed by atoms with E-state index in [2.05, 4.69) is 0 Å². The van der Waals surface area contributed by atoms with Crippen molar-refractivity contribution in [1.29, 1.82) is 0 Å². The molecule has 33 heavy (non-hydrogen) atoms. The third kappa shape index (κ3) is 6.02. The van der Waals surface area contributed by atoms with Crippen molar-refractivity contribution in [2.75, 3.05) is 7.11 Å². The number of nitrogens with zero attached hydrogens (tertiary/aromatic N) is 1. The minimum Gasteiger partial charge on any atom is -0.469 e. The van der Waals surface area contributed by atoms with Gasteiger partial charge in [0.2, 0.25) is 0 Å². The number of amides is 1. The maximum Gasteiger partial charge on any atom is 0.412 e. The molecular formula is C26H35NO6. The average Bonchev–Trinajstić information content (AvgIpc) is 2.97. The van der Waals surface area contributed by atoms with Crippen LogP contribution in [0.2, 0.25) is 0 Å². The third-order valence-corrected chi connectivity index (χ3v) is 6.13. The highest BCUT2D eigenvalue weighted by atomic mass is 16.6. The van der Waals surface area contributed by atoms with Gasteiger partial charge in [-0.15, -0.1) is 0 Å². The van der Waals surface area contributed by atoms with Gasteiger partial charge in [-0.2, -0.15) is 0 Å². The number of carbonyl (C=O) groups is 3. The molecule has 1 fully saturated rings. The van der Waals surface area contributed by atoms with Crippen molar-refractivity contribution in [3.63, 3.8) is 0 Å². The molecule has 0 N–H and O–H groups in total.